The van der Waals surface area contributed by atoms with Crippen LogP contribution in [0.3, 0.4) is 0 Å². The van der Waals surface area contributed by atoms with Gasteiger partial charge in [0.1, 0.15) is 19.3 Å². The van der Waals surface area contributed by atoms with Gasteiger partial charge in [0.05, 0.1) is 34.4 Å². The highest BCUT2D eigenvalue weighted by Gasteiger charge is 2.20. The molecule has 9 heteroatoms. The summed E-state index contributed by atoms with van der Waals surface area (Å²) in [5.41, 5.74) is 0. The van der Waals surface area contributed by atoms with Gasteiger partial charge in [0.2, 0.25) is 0 Å². The van der Waals surface area contributed by atoms with E-state index in [2.05, 4.69) is 50.3 Å². The third-order valence-electron chi connectivity index (χ3n) is 11.2. The first-order chi connectivity index (χ1) is 29.6. The highest BCUT2D eigenvalue weighted by molar-refractivity contribution is 7.45. The third-order valence-corrected chi connectivity index (χ3v) is 12.1. The molecule has 0 bridgehead atoms. The predicted octanol–water partition coefficient (Wildman–Crippen LogP) is 15.1. The van der Waals surface area contributed by atoms with E-state index in [-0.39, 0.29) is 25.8 Å². The first-order valence-corrected chi connectivity index (χ1v) is 27.2. The number of allylic oxidation sites excluding steroid dienone is 6. The van der Waals surface area contributed by atoms with Crippen LogP contribution in [0.4, 0.5) is 0 Å². The minimum atomic E-state index is -4.53. The monoisotopic (exact) mass is 882 g/mol. The minimum absolute atomic E-state index is 0.0245. The maximum atomic E-state index is 12.7. The van der Waals surface area contributed by atoms with Gasteiger partial charge < -0.3 is 27.9 Å². The maximum absolute atomic E-state index is 12.7. The molecule has 0 radical (unpaired) electrons. The molecule has 0 saturated carbocycles. The molecule has 0 aromatic rings. The Bertz CT molecular complexity index is 1070. The van der Waals surface area contributed by atoms with Crippen LogP contribution in [0, 0.1) is 0 Å². The van der Waals surface area contributed by atoms with Crippen molar-refractivity contribution in [3.8, 4) is 0 Å². The number of likely N-dealkylation sites (N-methyl/N-ethyl adjacent to an activating group) is 1. The van der Waals surface area contributed by atoms with Gasteiger partial charge in [-0.05, 0) is 70.6 Å². The average Bonchev–Trinajstić information content (AvgIpc) is 3.22. The van der Waals surface area contributed by atoms with Crippen LogP contribution in [0.1, 0.15) is 232 Å². The molecule has 2 atom stereocenters. The highest BCUT2D eigenvalue weighted by atomic mass is 31.2. The highest BCUT2D eigenvalue weighted by Crippen LogP contribution is 2.38. The summed E-state index contributed by atoms with van der Waals surface area (Å²) in [7, 11) is 1.35. The second-order valence-electron chi connectivity index (χ2n) is 18.5. The van der Waals surface area contributed by atoms with Crippen LogP contribution < -0.4 is 4.89 Å². The second kappa shape index (κ2) is 45.3. The van der Waals surface area contributed by atoms with Crippen LogP contribution in [0.2, 0.25) is 0 Å². The quantitative estimate of drug-likeness (QED) is 0.0197. The molecule has 8 nitrogen and oxygen atoms in total. The van der Waals surface area contributed by atoms with E-state index in [4.69, 9.17) is 18.5 Å². The van der Waals surface area contributed by atoms with Gasteiger partial charge >= 0.3 is 5.97 Å². The van der Waals surface area contributed by atoms with Gasteiger partial charge in [-0.1, -0.05) is 192 Å². The summed E-state index contributed by atoms with van der Waals surface area (Å²) in [5.74, 6) is -0.340. The van der Waals surface area contributed by atoms with Gasteiger partial charge in [0, 0.05) is 13.0 Å². The Morgan fingerprint density at radius 2 is 0.902 bits per heavy atom. The lowest BCUT2D eigenvalue weighted by atomic mass is 10.1. The molecule has 61 heavy (non-hydrogen) atoms. The number of phosphoric ester groups is 1. The number of esters is 1. The van der Waals surface area contributed by atoms with Gasteiger partial charge in [0.25, 0.3) is 7.82 Å². The summed E-state index contributed by atoms with van der Waals surface area (Å²) in [6, 6.07) is 0. The molecule has 0 spiro atoms. The molecule has 0 aromatic carbocycles. The van der Waals surface area contributed by atoms with E-state index >= 15 is 0 Å². The van der Waals surface area contributed by atoms with Crippen molar-refractivity contribution in [1.29, 1.82) is 0 Å². The maximum Gasteiger partial charge on any atom is 0.306 e. The van der Waals surface area contributed by atoms with Crippen molar-refractivity contribution in [2.45, 2.75) is 238 Å². The molecular weight excluding hydrogens is 782 g/mol. The standard InChI is InChI=1S/C52H100NO7P/c1-6-8-10-12-14-16-18-20-22-24-25-26-27-28-30-32-34-36-38-40-42-44-47-57-49-51(50-59-61(55,56)58-48-46-53(3,4)5)60-52(54)45-43-41-39-37-35-33-31-29-23-21-19-17-15-13-11-9-7-2/h15,17,21,23-25,51H,6-14,16,18-20,22,26-50H2,1-5H3/b17-15-,23-21-,25-24-. The first kappa shape index (κ1) is 59.7. The molecule has 0 amide bonds. The molecule has 0 rings (SSSR count). The molecule has 0 aliphatic heterocycles. The molecule has 0 fully saturated rings. The third kappa shape index (κ3) is 49.6. The number of rotatable bonds is 48. The molecule has 0 N–H and O–H groups in total. The molecule has 360 valence electrons. The van der Waals surface area contributed by atoms with Crippen LogP contribution in [0.5, 0.6) is 0 Å². The van der Waals surface area contributed by atoms with Crippen LogP contribution in [0.25, 0.3) is 0 Å². The van der Waals surface area contributed by atoms with Gasteiger partial charge in [-0.3, -0.25) is 9.36 Å². The molecular formula is C52H100NO7P. The average molecular weight is 882 g/mol. The summed E-state index contributed by atoms with van der Waals surface area (Å²) < 4.78 is 34.7. The van der Waals surface area contributed by atoms with E-state index in [0.717, 1.165) is 44.9 Å². The number of unbranched alkanes of at least 4 members (excludes halogenated alkanes) is 28. The fraction of sp³-hybridized carbons (Fsp3) is 0.865. The number of hydrogen-bond donors (Lipinski definition) is 0. The van der Waals surface area contributed by atoms with Crippen LogP contribution >= 0.6 is 7.82 Å². The summed E-state index contributed by atoms with van der Waals surface area (Å²) in [6.45, 7) is 5.40. The van der Waals surface area contributed by atoms with E-state index in [9.17, 15) is 14.3 Å². The Morgan fingerprint density at radius 1 is 0.508 bits per heavy atom. The van der Waals surface area contributed by atoms with Crippen molar-refractivity contribution >= 4 is 13.8 Å². The predicted molar refractivity (Wildman–Crippen MR) is 259 cm³/mol. The molecule has 0 aromatic heterocycles. The lowest BCUT2D eigenvalue weighted by Crippen LogP contribution is -2.37. The molecule has 0 saturated heterocycles. The van der Waals surface area contributed by atoms with Crippen LogP contribution in [0.15, 0.2) is 36.5 Å². The zero-order valence-corrected chi connectivity index (χ0v) is 41.8. The summed E-state index contributed by atoms with van der Waals surface area (Å²) in [4.78, 5) is 25.2. The normalized spacial score (nSPS) is 13.9. The zero-order valence-electron chi connectivity index (χ0n) is 40.9. The van der Waals surface area contributed by atoms with Gasteiger partial charge in [-0.25, -0.2) is 0 Å². The van der Waals surface area contributed by atoms with Gasteiger partial charge in [-0.15, -0.1) is 0 Å². The summed E-state index contributed by atoms with van der Waals surface area (Å²) >= 11 is 0. The van der Waals surface area contributed by atoms with Crippen molar-refractivity contribution in [3.63, 3.8) is 0 Å². The van der Waals surface area contributed by atoms with Crippen molar-refractivity contribution in [2.75, 3.05) is 54.1 Å². The van der Waals surface area contributed by atoms with Gasteiger partial charge in [-0.2, -0.15) is 0 Å². The number of carbonyl (C=O) groups excluding carboxylic acids is 1. The number of phosphoric acid groups is 1. The Hall–Kier alpha value is -1.28. The molecule has 2 unspecified atom stereocenters. The van der Waals surface area contributed by atoms with Gasteiger partial charge in [0.15, 0.2) is 0 Å². The Balaban J connectivity index is 4.13. The van der Waals surface area contributed by atoms with Crippen LogP contribution in [-0.2, 0) is 27.9 Å². The minimum Gasteiger partial charge on any atom is -0.756 e. The number of quaternary nitrogens is 1. The van der Waals surface area contributed by atoms with Crippen molar-refractivity contribution < 1.29 is 37.3 Å². The number of hydrogen-bond acceptors (Lipinski definition) is 7. The fourth-order valence-electron chi connectivity index (χ4n) is 7.16. The molecule has 0 heterocycles. The summed E-state index contributed by atoms with van der Waals surface area (Å²) in [5, 5.41) is 0. The van der Waals surface area contributed by atoms with E-state index in [1.807, 2.05) is 21.1 Å². The second-order valence-corrected chi connectivity index (χ2v) is 19.9. The number of ether oxygens (including phenoxy) is 2. The van der Waals surface area contributed by atoms with Crippen molar-refractivity contribution in [3.05, 3.63) is 36.5 Å². The van der Waals surface area contributed by atoms with E-state index < -0.39 is 13.9 Å². The Morgan fingerprint density at radius 3 is 1.38 bits per heavy atom. The SMILES string of the molecule is CCCCC/C=C\C/C=C\CCCCCCCCCC(=O)OC(COCCCCCCCCCCCC/C=C\CCCCCCCCCC)COP(=O)([O-])OCC[N+](C)(C)C. The molecule has 0 aliphatic rings. The smallest absolute Gasteiger partial charge is 0.306 e. The number of carbonyl (C=O) groups is 1. The van der Waals surface area contributed by atoms with Crippen molar-refractivity contribution in [1.82, 2.24) is 0 Å². The molecule has 0 aliphatic carbocycles. The van der Waals surface area contributed by atoms with E-state index in [1.165, 1.54) is 167 Å². The zero-order chi connectivity index (χ0) is 44.8. The largest absolute Gasteiger partial charge is 0.756 e. The first-order valence-electron chi connectivity index (χ1n) is 25.7. The fourth-order valence-corrected chi connectivity index (χ4v) is 7.89. The van der Waals surface area contributed by atoms with E-state index in [1.54, 1.807) is 0 Å². The lowest BCUT2D eigenvalue weighted by Gasteiger charge is -2.28. The Labute approximate surface area is 378 Å². The number of nitrogens with zero attached hydrogens (tertiary/aromatic N) is 1. The van der Waals surface area contributed by atoms with E-state index in [0.29, 0.717) is 24.1 Å². The topological polar surface area (TPSA) is 94.1 Å². The van der Waals surface area contributed by atoms with Crippen molar-refractivity contribution in [2.24, 2.45) is 0 Å². The lowest BCUT2D eigenvalue weighted by molar-refractivity contribution is -0.870. The Kier molecular flexibility index (Phi) is 44.3. The summed E-state index contributed by atoms with van der Waals surface area (Å²) in [6.07, 6.45) is 54.5. The van der Waals surface area contributed by atoms with Crippen LogP contribution in [-0.4, -0.2) is 70.7 Å².